The predicted molar refractivity (Wildman–Crippen MR) is 291 cm³/mol. The summed E-state index contributed by atoms with van der Waals surface area (Å²) in [7, 11) is 1.62. The number of hydrogen-bond donors (Lipinski definition) is 3. The number of amides is 1. The van der Waals surface area contributed by atoms with Gasteiger partial charge in [-0.05, 0) is 38.5 Å². The molecular formula is C58H118N2O6P+. The highest BCUT2D eigenvalue weighted by molar-refractivity contribution is 7.47. The van der Waals surface area contributed by atoms with E-state index in [1.165, 1.54) is 225 Å². The summed E-state index contributed by atoms with van der Waals surface area (Å²) in [6, 6.07) is -0.762. The Morgan fingerprint density at radius 2 is 0.806 bits per heavy atom. The minimum atomic E-state index is -4.32. The first-order chi connectivity index (χ1) is 32.5. The van der Waals surface area contributed by atoms with Gasteiger partial charge in [-0.1, -0.05) is 270 Å². The van der Waals surface area contributed by atoms with Gasteiger partial charge in [-0.3, -0.25) is 13.8 Å². The molecule has 67 heavy (non-hydrogen) atoms. The van der Waals surface area contributed by atoms with Crippen LogP contribution in [0.1, 0.15) is 303 Å². The lowest BCUT2D eigenvalue weighted by Gasteiger charge is -2.26. The number of likely N-dealkylation sites (N-methyl/N-ethyl adjacent to an activating group) is 1. The summed E-state index contributed by atoms with van der Waals surface area (Å²) in [5.74, 6) is -0.150. The molecule has 0 aromatic carbocycles. The third-order valence-electron chi connectivity index (χ3n) is 13.8. The molecule has 0 heterocycles. The third kappa shape index (κ3) is 52.9. The summed E-state index contributed by atoms with van der Waals surface area (Å²) in [5, 5.41) is 14.0. The highest BCUT2D eigenvalue weighted by atomic mass is 31.2. The minimum absolute atomic E-state index is 0.0752. The second-order valence-electron chi connectivity index (χ2n) is 21.7. The van der Waals surface area contributed by atoms with Gasteiger partial charge in [0.15, 0.2) is 0 Å². The van der Waals surface area contributed by atoms with Crippen LogP contribution < -0.4 is 5.32 Å². The Kier molecular flexibility index (Phi) is 49.6. The Labute approximate surface area is 418 Å². The molecule has 0 aromatic heterocycles. The number of hydrogen-bond acceptors (Lipinski definition) is 5. The molecule has 0 aliphatic carbocycles. The highest BCUT2D eigenvalue weighted by Crippen LogP contribution is 2.43. The number of phosphoric acid groups is 1. The molecule has 0 radical (unpaired) electrons. The number of allylic oxidation sites excluding steroid dienone is 2. The Hall–Kier alpha value is -0.760. The molecule has 0 spiro atoms. The van der Waals surface area contributed by atoms with E-state index in [4.69, 9.17) is 9.05 Å². The van der Waals surface area contributed by atoms with E-state index in [2.05, 4.69) is 31.3 Å². The SMILES string of the molecule is CCCCC/C=C\CCCCCCCC(=O)NC(COP(=O)(O)OCC[N+](C)(C)C)C(O)CCCCCCCCCCCCCCCCCCCCCCCCCCCCCCCCCCC. The van der Waals surface area contributed by atoms with Gasteiger partial charge in [0.1, 0.15) is 13.2 Å². The monoisotopic (exact) mass is 970 g/mol. The molecule has 3 unspecified atom stereocenters. The number of carbonyl (C=O) groups excluding carboxylic acids is 1. The topological polar surface area (TPSA) is 105 Å². The molecule has 0 saturated heterocycles. The molecule has 8 nitrogen and oxygen atoms in total. The molecule has 0 bridgehead atoms. The number of quaternary nitrogens is 1. The normalized spacial score (nSPS) is 14.0. The van der Waals surface area contributed by atoms with Crippen molar-refractivity contribution in [2.24, 2.45) is 0 Å². The summed E-state index contributed by atoms with van der Waals surface area (Å²) in [6.45, 7) is 4.89. The first-order valence-electron chi connectivity index (χ1n) is 29.6. The first kappa shape index (κ1) is 66.2. The van der Waals surface area contributed by atoms with Crippen LogP contribution in [0, 0.1) is 0 Å². The van der Waals surface area contributed by atoms with Crippen molar-refractivity contribution in [2.75, 3.05) is 40.9 Å². The smallest absolute Gasteiger partial charge is 0.391 e. The number of nitrogens with zero attached hydrogens (tertiary/aromatic N) is 1. The number of rotatable bonds is 55. The standard InChI is InChI=1S/C58H117N2O6P/c1-6-8-10-12-14-16-18-20-21-22-23-24-25-26-27-28-29-30-31-32-33-34-35-36-37-38-39-40-41-43-45-47-49-51-57(61)56(55-66-67(63,64)65-54-53-60(3,4)5)59-58(62)52-50-48-46-44-42-19-17-15-13-11-9-7-2/h15,17,56-57,61H,6-14,16,18-55H2,1-5H3,(H-,59,62,63,64)/p+1/b17-15-. The van der Waals surface area contributed by atoms with Gasteiger partial charge in [0.2, 0.25) is 5.91 Å². The van der Waals surface area contributed by atoms with Gasteiger partial charge in [0.25, 0.3) is 0 Å². The van der Waals surface area contributed by atoms with Crippen LogP contribution >= 0.6 is 7.82 Å². The predicted octanol–water partition coefficient (Wildman–Crippen LogP) is 17.8. The summed E-state index contributed by atoms with van der Waals surface area (Å²) in [4.78, 5) is 23.2. The summed E-state index contributed by atoms with van der Waals surface area (Å²) >= 11 is 0. The van der Waals surface area contributed by atoms with Gasteiger partial charge >= 0.3 is 7.82 Å². The van der Waals surface area contributed by atoms with Crippen molar-refractivity contribution in [3.05, 3.63) is 12.2 Å². The van der Waals surface area contributed by atoms with Gasteiger partial charge < -0.3 is 19.8 Å². The number of unbranched alkanes of at least 4 members (excludes halogenated alkanes) is 40. The van der Waals surface area contributed by atoms with Gasteiger partial charge in [0, 0.05) is 6.42 Å². The molecule has 0 rings (SSSR count). The van der Waals surface area contributed by atoms with E-state index in [0.29, 0.717) is 23.9 Å². The lowest BCUT2D eigenvalue weighted by Crippen LogP contribution is -2.46. The Morgan fingerprint density at radius 1 is 0.493 bits per heavy atom. The van der Waals surface area contributed by atoms with Crippen LogP contribution in [-0.4, -0.2) is 73.4 Å². The zero-order valence-electron chi connectivity index (χ0n) is 45.7. The average molecular weight is 971 g/mol. The average Bonchev–Trinajstić information content (AvgIpc) is 3.29. The van der Waals surface area contributed by atoms with Gasteiger partial charge in [-0.25, -0.2) is 4.57 Å². The molecule has 0 saturated carbocycles. The van der Waals surface area contributed by atoms with Crippen molar-refractivity contribution in [2.45, 2.75) is 315 Å². The lowest BCUT2D eigenvalue weighted by atomic mass is 10.0. The fraction of sp³-hybridized carbons (Fsp3) is 0.948. The molecule has 0 aliphatic heterocycles. The van der Waals surface area contributed by atoms with E-state index in [1.54, 1.807) is 0 Å². The fourth-order valence-electron chi connectivity index (χ4n) is 9.10. The molecule has 0 aliphatic rings. The van der Waals surface area contributed by atoms with Crippen LogP contribution in [0.3, 0.4) is 0 Å². The number of aliphatic hydroxyl groups is 1. The van der Waals surface area contributed by atoms with Crippen LogP contribution in [0.25, 0.3) is 0 Å². The van der Waals surface area contributed by atoms with E-state index in [1.807, 2.05) is 21.1 Å². The van der Waals surface area contributed by atoms with E-state index in [0.717, 1.165) is 51.4 Å². The minimum Gasteiger partial charge on any atom is -0.391 e. The molecule has 3 N–H and O–H groups in total. The van der Waals surface area contributed by atoms with Crippen molar-refractivity contribution >= 4 is 13.7 Å². The van der Waals surface area contributed by atoms with Gasteiger partial charge in [0.05, 0.1) is 39.9 Å². The number of phosphoric ester groups is 1. The van der Waals surface area contributed by atoms with Crippen molar-refractivity contribution in [3.8, 4) is 0 Å². The van der Waals surface area contributed by atoms with Crippen molar-refractivity contribution < 1.29 is 32.9 Å². The Balaban J connectivity index is 3.93. The van der Waals surface area contributed by atoms with Crippen LogP contribution in [0.2, 0.25) is 0 Å². The number of nitrogens with one attached hydrogen (secondary N) is 1. The van der Waals surface area contributed by atoms with Crippen LogP contribution in [-0.2, 0) is 18.4 Å². The largest absolute Gasteiger partial charge is 0.472 e. The van der Waals surface area contributed by atoms with Crippen LogP contribution in [0.15, 0.2) is 12.2 Å². The van der Waals surface area contributed by atoms with E-state index >= 15 is 0 Å². The van der Waals surface area contributed by atoms with Crippen LogP contribution in [0.4, 0.5) is 0 Å². The van der Waals surface area contributed by atoms with Crippen molar-refractivity contribution in [3.63, 3.8) is 0 Å². The van der Waals surface area contributed by atoms with Crippen LogP contribution in [0.5, 0.6) is 0 Å². The Bertz CT molecular complexity index is 1100. The van der Waals surface area contributed by atoms with E-state index in [-0.39, 0.29) is 19.1 Å². The maximum absolute atomic E-state index is 12.9. The zero-order chi connectivity index (χ0) is 49.2. The lowest BCUT2D eigenvalue weighted by molar-refractivity contribution is -0.870. The zero-order valence-corrected chi connectivity index (χ0v) is 46.6. The summed E-state index contributed by atoms with van der Waals surface area (Å²) in [6.07, 6.45) is 61.6. The summed E-state index contributed by atoms with van der Waals surface area (Å²) in [5.41, 5.74) is 0. The summed E-state index contributed by atoms with van der Waals surface area (Å²) < 4.78 is 23.7. The fourth-order valence-corrected chi connectivity index (χ4v) is 9.84. The van der Waals surface area contributed by atoms with E-state index < -0.39 is 20.0 Å². The van der Waals surface area contributed by atoms with Gasteiger partial charge in [-0.15, -0.1) is 0 Å². The molecule has 0 aromatic rings. The van der Waals surface area contributed by atoms with E-state index in [9.17, 15) is 19.4 Å². The maximum atomic E-state index is 12.9. The van der Waals surface area contributed by atoms with Crippen molar-refractivity contribution in [1.29, 1.82) is 0 Å². The second-order valence-corrected chi connectivity index (χ2v) is 23.2. The molecule has 3 atom stereocenters. The Morgan fingerprint density at radius 3 is 1.18 bits per heavy atom. The molecule has 9 heteroatoms. The number of carbonyl (C=O) groups is 1. The third-order valence-corrected chi connectivity index (χ3v) is 14.7. The van der Waals surface area contributed by atoms with Crippen molar-refractivity contribution in [1.82, 2.24) is 5.32 Å². The highest BCUT2D eigenvalue weighted by Gasteiger charge is 2.28. The quantitative estimate of drug-likeness (QED) is 0.0243. The van der Waals surface area contributed by atoms with Gasteiger partial charge in [-0.2, -0.15) is 0 Å². The molecule has 1 amide bonds. The number of aliphatic hydroxyl groups excluding tert-OH is 1. The first-order valence-corrected chi connectivity index (χ1v) is 31.0. The second kappa shape index (κ2) is 50.2. The molecular weight excluding hydrogens is 852 g/mol. The molecule has 0 fully saturated rings. The molecule has 400 valence electrons. The maximum Gasteiger partial charge on any atom is 0.472 e.